The van der Waals surface area contributed by atoms with Gasteiger partial charge < -0.3 is 19.9 Å². The van der Waals surface area contributed by atoms with Gasteiger partial charge in [-0.15, -0.1) is 0 Å². The van der Waals surface area contributed by atoms with Crippen LogP contribution in [0.15, 0.2) is 36.4 Å². The fourth-order valence-corrected chi connectivity index (χ4v) is 2.82. The van der Waals surface area contributed by atoms with E-state index in [9.17, 15) is 9.90 Å². The Morgan fingerprint density at radius 1 is 1.07 bits per heavy atom. The number of hydrogen-bond acceptors (Lipinski definition) is 5. The zero-order chi connectivity index (χ0) is 19.6. The van der Waals surface area contributed by atoms with Crippen LogP contribution in [0.1, 0.15) is 36.7 Å². The molecule has 1 aliphatic rings. The molecule has 0 bridgehead atoms. The van der Waals surface area contributed by atoms with Crippen molar-refractivity contribution >= 4 is 28.9 Å². The summed E-state index contributed by atoms with van der Waals surface area (Å²) in [5, 5.41) is 15.7. The number of ether oxygens (including phenoxy) is 2. The van der Waals surface area contributed by atoms with Gasteiger partial charge in [0.2, 0.25) is 0 Å². The summed E-state index contributed by atoms with van der Waals surface area (Å²) in [6.45, 7) is 7.16. The van der Waals surface area contributed by atoms with Crippen LogP contribution in [0, 0.1) is 0 Å². The highest BCUT2D eigenvalue weighted by molar-refractivity contribution is 7.80. The molecule has 142 valence electrons. The first kappa shape index (κ1) is 19.0. The minimum absolute atomic E-state index is 0.0546. The van der Waals surface area contributed by atoms with Gasteiger partial charge in [-0.05, 0) is 53.5 Å². The molecular formula is C20H22N2O4S. The van der Waals surface area contributed by atoms with Crippen molar-refractivity contribution in [2.75, 3.05) is 18.5 Å². The third-order valence-corrected chi connectivity index (χ3v) is 4.35. The summed E-state index contributed by atoms with van der Waals surface area (Å²) in [4.78, 5) is 12.4. The molecule has 2 aromatic carbocycles. The van der Waals surface area contributed by atoms with Gasteiger partial charge in [0.05, 0.1) is 5.69 Å². The van der Waals surface area contributed by atoms with Crippen LogP contribution in [0.3, 0.4) is 0 Å². The maximum atomic E-state index is 12.4. The molecule has 3 rings (SSSR count). The standard InChI is InChI=1S/C20H22N2O4S/c1-20(2,3)13-5-6-15(23)14(11-13)21-19(27)22-18(24)12-4-7-16-17(10-12)26-9-8-25-16/h4-7,10-11,23H,8-9H2,1-3H3,(H2,21,22,24,27). The Hall–Kier alpha value is -2.80. The van der Waals surface area contributed by atoms with Crippen molar-refractivity contribution in [3.63, 3.8) is 0 Å². The number of thiocarbonyl (C=S) groups is 1. The van der Waals surface area contributed by atoms with Crippen LogP contribution in [0.2, 0.25) is 0 Å². The molecule has 0 radical (unpaired) electrons. The number of fused-ring (bicyclic) bond motifs is 1. The lowest BCUT2D eigenvalue weighted by atomic mass is 9.87. The summed E-state index contributed by atoms with van der Waals surface area (Å²) in [7, 11) is 0. The second-order valence-corrected chi connectivity index (χ2v) is 7.66. The predicted octanol–water partition coefficient (Wildman–Crippen LogP) is 3.59. The molecule has 0 unspecified atom stereocenters. The van der Waals surface area contributed by atoms with Crippen molar-refractivity contribution in [3.8, 4) is 17.2 Å². The van der Waals surface area contributed by atoms with Crippen LogP contribution in [-0.2, 0) is 5.41 Å². The van der Waals surface area contributed by atoms with Crippen LogP contribution in [0.25, 0.3) is 0 Å². The first-order valence-electron chi connectivity index (χ1n) is 8.59. The predicted molar refractivity (Wildman–Crippen MR) is 108 cm³/mol. The molecule has 0 fully saturated rings. The lowest BCUT2D eigenvalue weighted by molar-refractivity contribution is 0.0976. The van der Waals surface area contributed by atoms with E-state index in [2.05, 4.69) is 31.4 Å². The van der Waals surface area contributed by atoms with Gasteiger partial charge in [0.1, 0.15) is 19.0 Å². The summed E-state index contributed by atoms with van der Waals surface area (Å²) < 4.78 is 10.9. The maximum absolute atomic E-state index is 12.4. The molecule has 6 nitrogen and oxygen atoms in total. The van der Waals surface area contributed by atoms with Gasteiger partial charge in [0, 0.05) is 5.56 Å². The minimum Gasteiger partial charge on any atom is -0.506 e. The molecule has 1 amide bonds. The van der Waals surface area contributed by atoms with Crippen molar-refractivity contribution < 1.29 is 19.4 Å². The Bertz CT molecular complexity index is 890. The number of aromatic hydroxyl groups is 1. The van der Waals surface area contributed by atoms with Crippen LogP contribution >= 0.6 is 12.2 Å². The van der Waals surface area contributed by atoms with Gasteiger partial charge in [-0.1, -0.05) is 26.8 Å². The lowest BCUT2D eigenvalue weighted by Crippen LogP contribution is -2.34. The molecule has 0 spiro atoms. The van der Waals surface area contributed by atoms with Crippen LogP contribution in [-0.4, -0.2) is 29.3 Å². The van der Waals surface area contributed by atoms with Crippen molar-refractivity contribution in [1.29, 1.82) is 0 Å². The highest BCUT2D eigenvalue weighted by atomic mass is 32.1. The van der Waals surface area contributed by atoms with E-state index >= 15 is 0 Å². The molecule has 1 heterocycles. The van der Waals surface area contributed by atoms with Gasteiger partial charge in [0.15, 0.2) is 16.6 Å². The van der Waals surface area contributed by atoms with Gasteiger partial charge in [-0.25, -0.2) is 0 Å². The second kappa shape index (κ2) is 7.44. The fraction of sp³-hybridized carbons (Fsp3) is 0.300. The van der Waals surface area contributed by atoms with Gasteiger partial charge in [0.25, 0.3) is 5.91 Å². The summed E-state index contributed by atoms with van der Waals surface area (Å²) in [5.74, 6) is 0.820. The number of hydrogen-bond donors (Lipinski definition) is 3. The molecule has 7 heteroatoms. The molecule has 0 aliphatic carbocycles. The smallest absolute Gasteiger partial charge is 0.257 e. The molecule has 3 N–H and O–H groups in total. The summed E-state index contributed by atoms with van der Waals surface area (Å²) in [6.07, 6.45) is 0. The van der Waals surface area contributed by atoms with Gasteiger partial charge >= 0.3 is 0 Å². The number of amides is 1. The highest BCUT2D eigenvalue weighted by Gasteiger charge is 2.18. The number of anilines is 1. The minimum atomic E-state index is -0.379. The van der Waals surface area contributed by atoms with Crippen molar-refractivity contribution in [2.45, 2.75) is 26.2 Å². The average Bonchev–Trinajstić information content (AvgIpc) is 2.62. The molecule has 27 heavy (non-hydrogen) atoms. The summed E-state index contributed by atoms with van der Waals surface area (Å²) in [5.41, 5.74) is 1.79. The van der Waals surface area contributed by atoms with E-state index in [1.165, 1.54) is 0 Å². The highest BCUT2D eigenvalue weighted by Crippen LogP contribution is 2.32. The third-order valence-electron chi connectivity index (χ3n) is 4.14. The van der Waals surface area contributed by atoms with E-state index in [1.807, 2.05) is 12.1 Å². The summed E-state index contributed by atoms with van der Waals surface area (Å²) in [6, 6.07) is 10.2. The first-order chi connectivity index (χ1) is 12.7. The number of carbonyl (C=O) groups excluding carboxylic acids is 1. The summed E-state index contributed by atoms with van der Waals surface area (Å²) >= 11 is 5.22. The number of rotatable bonds is 2. The topological polar surface area (TPSA) is 79.8 Å². The lowest BCUT2D eigenvalue weighted by Gasteiger charge is -2.21. The fourth-order valence-electron chi connectivity index (χ4n) is 2.62. The number of phenolic OH excluding ortho intramolecular Hbond substituents is 1. The second-order valence-electron chi connectivity index (χ2n) is 7.25. The van der Waals surface area contributed by atoms with Gasteiger partial charge in [-0.3, -0.25) is 10.1 Å². The largest absolute Gasteiger partial charge is 0.506 e. The van der Waals surface area contributed by atoms with Crippen molar-refractivity contribution in [2.24, 2.45) is 0 Å². The zero-order valence-corrected chi connectivity index (χ0v) is 16.3. The third kappa shape index (κ3) is 4.49. The average molecular weight is 386 g/mol. The van der Waals surface area contributed by atoms with Crippen LogP contribution in [0.5, 0.6) is 17.2 Å². The van der Waals surface area contributed by atoms with E-state index in [1.54, 1.807) is 24.3 Å². The molecule has 0 saturated heterocycles. The Morgan fingerprint density at radius 2 is 1.78 bits per heavy atom. The molecule has 0 saturated carbocycles. The number of nitrogens with one attached hydrogen (secondary N) is 2. The molecule has 0 atom stereocenters. The van der Waals surface area contributed by atoms with E-state index in [0.29, 0.717) is 36.0 Å². The van der Waals surface area contributed by atoms with Crippen molar-refractivity contribution in [3.05, 3.63) is 47.5 Å². The van der Waals surface area contributed by atoms with E-state index in [4.69, 9.17) is 21.7 Å². The monoisotopic (exact) mass is 386 g/mol. The molecular weight excluding hydrogens is 364 g/mol. The zero-order valence-electron chi connectivity index (χ0n) is 15.5. The van der Waals surface area contributed by atoms with E-state index < -0.39 is 0 Å². The normalized spacial score (nSPS) is 13.0. The van der Waals surface area contributed by atoms with E-state index in [0.717, 1.165) is 5.56 Å². The Balaban J connectivity index is 1.70. The maximum Gasteiger partial charge on any atom is 0.257 e. The Morgan fingerprint density at radius 3 is 2.48 bits per heavy atom. The number of benzene rings is 2. The van der Waals surface area contributed by atoms with Crippen LogP contribution < -0.4 is 20.1 Å². The number of carbonyl (C=O) groups is 1. The first-order valence-corrected chi connectivity index (χ1v) is 9.00. The molecule has 2 aromatic rings. The quantitative estimate of drug-likeness (QED) is 0.541. The van der Waals surface area contributed by atoms with E-state index in [-0.39, 0.29) is 22.2 Å². The SMILES string of the molecule is CC(C)(C)c1ccc(O)c(NC(=S)NC(=O)c2ccc3c(c2)OCCO3)c1. The van der Waals surface area contributed by atoms with Crippen LogP contribution in [0.4, 0.5) is 5.69 Å². The Kier molecular flexibility index (Phi) is 5.23. The molecule has 0 aromatic heterocycles. The van der Waals surface area contributed by atoms with Gasteiger partial charge in [-0.2, -0.15) is 0 Å². The number of phenols is 1. The molecule has 1 aliphatic heterocycles. The Labute approximate surface area is 163 Å². The van der Waals surface area contributed by atoms with Crippen molar-refractivity contribution in [1.82, 2.24) is 5.32 Å².